The molecular formula is C20H26INO2. The lowest BCUT2D eigenvalue weighted by molar-refractivity contribution is -0.936. The van der Waals surface area contributed by atoms with Crippen LogP contribution in [0.1, 0.15) is 35.8 Å². The second-order valence-corrected chi connectivity index (χ2v) is 6.00. The summed E-state index contributed by atoms with van der Waals surface area (Å²) in [6.07, 6.45) is 0. The summed E-state index contributed by atoms with van der Waals surface area (Å²) in [5, 5.41) is 0. The van der Waals surface area contributed by atoms with Gasteiger partial charge < -0.3 is 33.2 Å². The number of carbonyl (C=O) groups excluding carboxylic acids is 1. The van der Waals surface area contributed by atoms with Gasteiger partial charge in [0.05, 0.1) is 25.7 Å². The van der Waals surface area contributed by atoms with Crippen LogP contribution in [0, 0.1) is 0 Å². The Bertz CT molecular complexity index is 612. The van der Waals surface area contributed by atoms with E-state index in [2.05, 4.69) is 33.0 Å². The first-order valence-corrected chi connectivity index (χ1v) is 8.22. The summed E-state index contributed by atoms with van der Waals surface area (Å²) in [4.78, 5) is 12.3. The van der Waals surface area contributed by atoms with Crippen molar-refractivity contribution in [2.24, 2.45) is 0 Å². The minimum Gasteiger partial charge on any atom is -1.00 e. The molecule has 2 rings (SSSR count). The molecule has 0 aliphatic rings. The third-order valence-electron chi connectivity index (χ3n) is 4.76. The van der Waals surface area contributed by atoms with Crippen LogP contribution in [0.15, 0.2) is 60.7 Å². The first-order chi connectivity index (χ1) is 11.1. The molecule has 1 atom stereocenters. The van der Waals surface area contributed by atoms with E-state index in [0.29, 0.717) is 12.2 Å². The number of esters is 1. The molecule has 2 aromatic carbocycles. The van der Waals surface area contributed by atoms with Gasteiger partial charge in [0.15, 0.2) is 0 Å². The Morgan fingerprint density at radius 1 is 0.958 bits per heavy atom. The molecule has 0 fully saturated rings. The Morgan fingerprint density at radius 2 is 1.46 bits per heavy atom. The Kier molecular flexibility index (Phi) is 8.42. The molecule has 0 saturated heterocycles. The van der Waals surface area contributed by atoms with Crippen molar-refractivity contribution in [2.75, 3.05) is 26.7 Å². The van der Waals surface area contributed by atoms with Crippen LogP contribution in [0.25, 0.3) is 0 Å². The molecule has 1 unspecified atom stereocenters. The van der Waals surface area contributed by atoms with Crippen LogP contribution in [0.3, 0.4) is 0 Å². The number of hydrogen-bond donors (Lipinski definition) is 0. The van der Waals surface area contributed by atoms with Gasteiger partial charge in [0.25, 0.3) is 0 Å². The van der Waals surface area contributed by atoms with Gasteiger partial charge in [0, 0.05) is 5.56 Å². The zero-order valence-electron chi connectivity index (χ0n) is 14.6. The molecule has 0 aliphatic carbocycles. The summed E-state index contributed by atoms with van der Waals surface area (Å²) in [6, 6.07) is 19.6. The van der Waals surface area contributed by atoms with E-state index in [1.807, 2.05) is 36.4 Å². The molecular weight excluding hydrogens is 413 g/mol. The number of likely N-dealkylation sites (N-methyl/N-ethyl adjacent to an activating group) is 1. The Morgan fingerprint density at radius 3 is 1.96 bits per heavy atom. The van der Waals surface area contributed by atoms with Crippen LogP contribution >= 0.6 is 0 Å². The first-order valence-electron chi connectivity index (χ1n) is 8.22. The van der Waals surface area contributed by atoms with Crippen LogP contribution in [0.2, 0.25) is 0 Å². The highest BCUT2D eigenvalue weighted by Crippen LogP contribution is 2.27. The van der Waals surface area contributed by atoms with E-state index in [1.54, 1.807) is 12.1 Å². The largest absolute Gasteiger partial charge is 1.00 e. The minimum absolute atomic E-state index is 0. The summed E-state index contributed by atoms with van der Waals surface area (Å²) >= 11 is 0. The third kappa shape index (κ3) is 5.05. The van der Waals surface area contributed by atoms with Gasteiger partial charge in [-0.3, -0.25) is 0 Å². The number of quaternary nitrogens is 1. The summed E-state index contributed by atoms with van der Waals surface area (Å²) in [5.74, 6) is -0.259. The van der Waals surface area contributed by atoms with Crippen molar-refractivity contribution >= 4 is 5.97 Å². The highest BCUT2D eigenvalue weighted by atomic mass is 127. The van der Waals surface area contributed by atoms with Crippen molar-refractivity contribution in [3.63, 3.8) is 0 Å². The topological polar surface area (TPSA) is 26.3 Å². The number of halogens is 1. The normalized spacial score (nSPS) is 12.1. The van der Waals surface area contributed by atoms with E-state index in [4.69, 9.17) is 4.74 Å². The number of benzene rings is 2. The second kappa shape index (κ2) is 9.79. The van der Waals surface area contributed by atoms with Crippen molar-refractivity contribution in [3.05, 3.63) is 71.8 Å². The Balaban J connectivity index is 0.00000288. The molecule has 0 heterocycles. The molecule has 0 aromatic heterocycles. The second-order valence-electron chi connectivity index (χ2n) is 6.00. The predicted octanol–water partition coefficient (Wildman–Crippen LogP) is 1.08. The Labute approximate surface area is 162 Å². The maximum absolute atomic E-state index is 12.3. The van der Waals surface area contributed by atoms with E-state index < -0.39 is 0 Å². The summed E-state index contributed by atoms with van der Waals surface area (Å²) in [7, 11) is 2.22. The van der Waals surface area contributed by atoms with Crippen molar-refractivity contribution in [1.82, 2.24) is 0 Å². The molecule has 24 heavy (non-hydrogen) atoms. The van der Waals surface area contributed by atoms with Gasteiger partial charge in [0.2, 0.25) is 0 Å². The first kappa shape index (κ1) is 20.6. The lowest BCUT2D eigenvalue weighted by atomic mass is 10.0. The van der Waals surface area contributed by atoms with Gasteiger partial charge in [0.1, 0.15) is 12.6 Å². The van der Waals surface area contributed by atoms with Gasteiger partial charge in [-0.25, -0.2) is 4.79 Å². The van der Waals surface area contributed by atoms with Crippen LogP contribution in [0.4, 0.5) is 0 Å². The van der Waals surface area contributed by atoms with E-state index in [9.17, 15) is 4.79 Å². The molecule has 130 valence electrons. The molecule has 0 radical (unpaired) electrons. The number of ether oxygens (including phenoxy) is 1. The SMILES string of the molecule is CC[N+](C)(CC)C(COC(=O)c1ccccc1)c1ccccc1.[I-]. The van der Waals surface area contributed by atoms with Crippen molar-refractivity contribution < 1.29 is 38.0 Å². The Hall–Kier alpha value is -1.40. The molecule has 4 heteroatoms. The van der Waals surface area contributed by atoms with Crippen LogP contribution in [-0.2, 0) is 4.74 Å². The average molecular weight is 439 g/mol. The zero-order valence-corrected chi connectivity index (χ0v) is 16.8. The third-order valence-corrected chi connectivity index (χ3v) is 4.76. The lowest BCUT2D eigenvalue weighted by Crippen LogP contribution is -3.00. The fourth-order valence-electron chi connectivity index (χ4n) is 2.79. The zero-order chi connectivity index (χ0) is 16.7. The predicted molar refractivity (Wildman–Crippen MR) is 93.2 cm³/mol. The molecule has 0 spiro atoms. The standard InChI is InChI=1S/C20H26NO2.HI/c1-4-21(3,5-2)19(17-12-8-6-9-13-17)16-23-20(22)18-14-10-7-11-15-18;/h6-15,19H,4-5,16H2,1-3H3;1H/q+1;/p-1. The minimum atomic E-state index is -0.259. The van der Waals surface area contributed by atoms with Gasteiger partial charge in [-0.15, -0.1) is 0 Å². The van der Waals surface area contributed by atoms with E-state index in [-0.39, 0.29) is 36.0 Å². The number of rotatable bonds is 7. The van der Waals surface area contributed by atoms with Crippen molar-refractivity contribution in [3.8, 4) is 0 Å². The number of carbonyl (C=O) groups is 1. The molecule has 0 bridgehead atoms. The van der Waals surface area contributed by atoms with E-state index >= 15 is 0 Å². The summed E-state index contributed by atoms with van der Waals surface area (Å²) < 4.78 is 6.48. The molecule has 0 amide bonds. The molecule has 0 saturated carbocycles. The summed E-state index contributed by atoms with van der Waals surface area (Å²) in [5.41, 5.74) is 1.81. The smallest absolute Gasteiger partial charge is 0.338 e. The van der Waals surface area contributed by atoms with Gasteiger partial charge in [-0.1, -0.05) is 48.5 Å². The van der Waals surface area contributed by atoms with E-state index in [1.165, 1.54) is 5.56 Å². The maximum Gasteiger partial charge on any atom is 0.338 e. The van der Waals surface area contributed by atoms with Crippen LogP contribution in [-0.4, -0.2) is 37.2 Å². The molecule has 0 aliphatic heterocycles. The molecule has 2 aromatic rings. The fraction of sp³-hybridized carbons (Fsp3) is 0.350. The monoisotopic (exact) mass is 439 g/mol. The van der Waals surface area contributed by atoms with Gasteiger partial charge >= 0.3 is 5.97 Å². The molecule has 0 N–H and O–H groups in total. The van der Waals surface area contributed by atoms with Crippen LogP contribution in [0.5, 0.6) is 0 Å². The van der Waals surface area contributed by atoms with Gasteiger partial charge in [-0.2, -0.15) is 0 Å². The van der Waals surface area contributed by atoms with Crippen molar-refractivity contribution in [2.45, 2.75) is 19.9 Å². The van der Waals surface area contributed by atoms with Crippen LogP contribution < -0.4 is 24.0 Å². The number of nitrogens with zero attached hydrogens (tertiary/aromatic N) is 1. The maximum atomic E-state index is 12.3. The summed E-state index contributed by atoms with van der Waals surface area (Å²) in [6.45, 7) is 6.71. The van der Waals surface area contributed by atoms with Crippen molar-refractivity contribution in [1.29, 1.82) is 0 Å². The number of hydrogen-bond acceptors (Lipinski definition) is 2. The van der Waals surface area contributed by atoms with E-state index in [0.717, 1.165) is 17.6 Å². The average Bonchev–Trinajstić information content (AvgIpc) is 2.63. The fourth-order valence-corrected chi connectivity index (χ4v) is 2.79. The quantitative estimate of drug-likeness (QED) is 0.367. The highest BCUT2D eigenvalue weighted by Gasteiger charge is 2.32. The highest BCUT2D eigenvalue weighted by molar-refractivity contribution is 5.89. The lowest BCUT2D eigenvalue weighted by Gasteiger charge is -2.40. The molecule has 3 nitrogen and oxygen atoms in total. The van der Waals surface area contributed by atoms with Gasteiger partial charge in [-0.05, 0) is 26.0 Å².